The summed E-state index contributed by atoms with van der Waals surface area (Å²) in [7, 11) is 1.68. The molecule has 1 aliphatic rings. The van der Waals surface area contributed by atoms with Crippen molar-refractivity contribution >= 4 is 5.91 Å². The Morgan fingerprint density at radius 3 is 2.83 bits per heavy atom. The van der Waals surface area contributed by atoms with Gasteiger partial charge in [-0.05, 0) is 18.9 Å². The molecule has 1 fully saturated rings. The number of H-pyrrole nitrogens is 1. The topological polar surface area (TPSA) is 66.8 Å². The number of piperidine rings is 1. The SMILES string of the molecule is Cn1nccc1C(=O)N1CCC[C@@H](c2ncc(C(F)(F)F)[nH]2)C1. The number of aryl methyl sites for hydroxylation is 1. The molecule has 0 bridgehead atoms. The van der Waals surface area contributed by atoms with Gasteiger partial charge < -0.3 is 9.88 Å². The zero-order chi connectivity index (χ0) is 16.6. The van der Waals surface area contributed by atoms with Crippen molar-refractivity contribution in [2.75, 3.05) is 13.1 Å². The number of imidazole rings is 1. The number of carbonyl (C=O) groups is 1. The summed E-state index contributed by atoms with van der Waals surface area (Å²) in [5.41, 5.74) is -0.399. The minimum atomic E-state index is -4.44. The van der Waals surface area contributed by atoms with Crippen LogP contribution in [0.25, 0.3) is 0 Å². The molecule has 1 aliphatic heterocycles. The van der Waals surface area contributed by atoms with Crippen molar-refractivity contribution in [3.05, 3.63) is 35.7 Å². The van der Waals surface area contributed by atoms with Gasteiger partial charge in [-0.25, -0.2) is 4.98 Å². The Morgan fingerprint density at radius 1 is 1.43 bits per heavy atom. The maximum Gasteiger partial charge on any atom is 0.432 e. The Morgan fingerprint density at radius 2 is 2.22 bits per heavy atom. The maximum atomic E-state index is 12.7. The van der Waals surface area contributed by atoms with E-state index in [1.165, 1.54) is 10.9 Å². The number of aromatic amines is 1. The van der Waals surface area contributed by atoms with Crippen LogP contribution in [0.4, 0.5) is 13.2 Å². The molecule has 2 aromatic rings. The third-order valence-corrected chi connectivity index (χ3v) is 4.04. The largest absolute Gasteiger partial charge is 0.432 e. The predicted molar refractivity (Wildman–Crippen MR) is 74.7 cm³/mol. The fraction of sp³-hybridized carbons (Fsp3) is 0.500. The summed E-state index contributed by atoms with van der Waals surface area (Å²) in [6.45, 7) is 0.919. The molecule has 124 valence electrons. The number of nitrogens with zero attached hydrogens (tertiary/aromatic N) is 4. The van der Waals surface area contributed by atoms with Crippen LogP contribution in [-0.4, -0.2) is 43.6 Å². The number of nitrogens with one attached hydrogen (secondary N) is 1. The standard InChI is InChI=1S/C14H16F3N5O/c1-21-10(4-5-19-21)13(23)22-6-2-3-9(8-22)12-18-7-11(20-12)14(15,16)17/h4-5,7,9H,2-3,6,8H2,1H3,(H,18,20)/t9-/m1/s1. The maximum absolute atomic E-state index is 12.7. The smallest absolute Gasteiger partial charge is 0.338 e. The number of rotatable bonds is 2. The first-order chi connectivity index (χ1) is 10.9. The van der Waals surface area contributed by atoms with Gasteiger partial charge in [0.25, 0.3) is 5.91 Å². The first kappa shape index (κ1) is 15.6. The van der Waals surface area contributed by atoms with Crippen molar-refractivity contribution in [1.29, 1.82) is 0 Å². The summed E-state index contributed by atoms with van der Waals surface area (Å²) in [5.74, 6) is -0.117. The number of hydrogen-bond acceptors (Lipinski definition) is 3. The molecule has 0 spiro atoms. The summed E-state index contributed by atoms with van der Waals surface area (Å²) >= 11 is 0. The number of carbonyl (C=O) groups excluding carboxylic acids is 1. The van der Waals surface area contributed by atoms with Gasteiger partial charge in [-0.3, -0.25) is 9.48 Å². The minimum absolute atomic E-state index is 0.169. The fourth-order valence-corrected chi connectivity index (χ4v) is 2.82. The van der Waals surface area contributed by atoms with Gasteiger partial charge in [-0.1, -0.05) is 0 Å². The normalized spacial score (nSPS) is 19.1. The summed E-state index contributed by atoms with van der Waals surface area (Å²) in [6, 6.07) is 1.63. The number of aromatic nitrogens is 4. The van der Waals surface area contributed by atoms with E-state index in [1.54, 1.807) is 18.0 Å². The molecule has 1 amide bonds. The van der Waals surface area contributed by atoms with E-state index in [9.17, 15) is 18.0 Å². The van der Waals surface area contributed by atoms with Crippen LogP contribution in [0.5, 0.6) is 0 Å². The molecule has 2 aromatic heterocycles. The van der Waals surface area contributed by atoms with Gasteiger partial charge in [0.2, 0.25) is 0 Å². The lowest BCUT2D eigenvalue weighted by Gasteiger charge is -2.31. The molecule has 1 saturated heterocycles. The second-order valence-electron chi connectivity index (χ2n) is 5.61. The summed E-state index contributed by atoms with van der Waals surface area (Å²) in [6.07, 6.45) is -0.686. The van der Waals surface area contributed by atoms with Crippen molar-refractivity contribution in [3.8, 4) is 0 Å². The number of halogens is 3. The Kier molecular flexibility index (Phi) is 3.87. The summed E-state index contributed by atoms with van der Waals surface area (Å²) < 4.78 is 39.5. The van der Waals surface area contributed by atoms with E-state index < -0.39 is 11.9 Å². The highest BCUT2D eigenvalue weighted by Gasteiger charge is 2.35. The first-order valence-electron chi connectivity index (χ1n) is 7.25. The average molecular weight is 327 g/mol. The Bertz CT molecular complexity index is 705. The summed E-state index contributed by atoms with van der Waals surface area (Å²) in [5, 5.41) is 3.97. The molecule has 9 heteroatoms. The second-order valence-corrected chi connectivity index (χ2v) is 5.61. The molecule has 0 aromatic carbocycles. The second kappa shape index (κ2) is 5.71. The Balaban J connectivity index is 1.75. The quantitative estimate of drug-likeness (QED) is 0.919. The van der Waals surface area contributed by atoms with Crippen LogP contribution in [0.15, 0.2) is 18.5 Å². The van der Waals surface area contributed by atoms with Crippen LogP contribution in [-0.2, 0) is 13.2 Å². The highest BCUT2D eigenvalue weighted by molar-refractivity contribution is 5.92. The van der Waals surface area contributed by atoms with Crippen molar-refractivity contribution in [3.63, 3.8) is 0 Å². The van der Waals surface area contributed by atoms with Crippen LogP contribution in [0.1, 0.15) is 40.8 Å². The van der Waals surface area contributed by atoms with Crippen molar-refractivity contribution in [2.24, 2.45) is 7.05 Å². The molecule has 0 aliphatic carbocycles. The molecule has 1 atom stereocenters. The van der Waals surface area contributed by atoms with Gasteiger partial charge in [-0.15, -0.1) is 0 Å². The predicted octanol–water partition coefficient (Wildman–Crippen LogP) is 2.18. The Hall–Kier alpha value is -2.32. The molecular formula is C14H16F3N5O. The van der Waals surface area contributed by atoms with E-state index in [1.807, 2.05) is 0 Å². The lowest BCUT2D eigenvalue weighted by Crippen LogP contribution is -2.40. The van der Waals surface area contributed by atoms with E-state index in [4.69, 9.17) is 0 Å². The van der Waals surface area contributed by atoms with Gasteiger partial charge in [0, 0.05) is 32.3 Å². The summed E-state index contributed by atoms with van der Waals surface area (Å²) in [4.78, 5) is 20.3. The molecule has 0 saturated carbocycles. The zero-order valence-electron chi connectivity index (χ0n) is 12.5. The molecule has 0 unspecified atom stereocenters. The third-order valence-electron chi connectivity index (χ3n) is 4.04. The molecule has 6 nitrogen and oxygen atoms in total. The zero-order valence-corrected chi connectivity index (χ0v) is 12.5. The van der Waals surface area contributed by atoms with Crippen LogP contribution in [0, 0.1) is 0 Å². The minimum Gasteiger partial charge on any atom is -0.338 e. The van der Waals surface area contributed by atoms with Crippen molar-refractivity contribution < 1.29 is 18.0 Å². The van der Waals surface area contributed by atoms with Crippen molar-refractivity contribution in [1.82, 2.24) is 24.6 Å². The lowest BCUT2D eigenvalue weighted by atomic mass is 9.97. The van der Waals surface area contributed by atoms with Gasteiger partial charge in [0.15, 0.2) is 0 Å². The highest BCUT2D eigenvalue weighted by Crippen LogP contribution is 2.31. The van der Waals surface area contributed by atoms with Gasteiger partial charge in [-0.2, -0.15) is 18.3 Å². The van der Waals surface area contributed by atoms with Crippen LogP contribution < -0.4 is 0 Å². The van der Waals surface area contributed by atoms with Crippen LogP contribution in [0.3, 0.4) is 0 Å². The van der Waals surface area contributed by atoms with E-state index in [-0.39, 0.29) is 17.6 Å². The first-order valence-corrected chi connectivity index (χ1v) is 7.25. The number of hydrogen-bond donors (Lipinski definition) is 1. The average Bonchev–Trinajstić information content (AvgIpc) is 3.15. The third kappa shape index (κ3) is 3.08. The molecular weight excluding hydrogens is 311 g/mol. The van der Waals surface area contributed by atoms with Crippen LogP contribution in [0.2, 0.25) is 0 Å². The van der Waals surface area contributed by atoms with Gasteiger partial charge in [0.1, 0.15) is 17.2 Å². The monoisotopic (exact) mass is 327 g/mol. The number of likely N-dealkylation sites (tertiary alicyclic amines) is 1. The van der Waals surface area contributed by atoms with Crippen LogP contribution >= 0.6 is 0 Å². The molecule has 0 radical (unpaired) electrons. The van der Waals surface area contributed by atoms with Crippen molar-refractivity contribution in [2.45, 2.75) is 24.9 Å². The molecule has 3 heterocycles. The number of amides is 1. The number of alkyl halides is 3. The lowest BCUT2D eigenvalue weighted by molar-refractivity contribution is -0.141. The van der Waals surface area contributed by atoms with E-state index in [0.717, 1.165) is 12.6 Å². The van der Waals surface area contributed by atoms with E-state index in [0.29, 0.717) is 25.2 Å². The van der Waals surface area contributed by atoms with E-state index in [2.05, 4.69) is 15.1 Å². The van der Waals surface area contributed by atoms with E-state index >= 15 is 0 Å². The fourth-order valence-electron chi connectivity index (χ4n) is 2.82. The molecule has 3 rings (SSSR count). The van der Waals surface area contributed by atoms with Gasteiger partial charge >= 0.3 is 6.18 Å². The van der Waals surface area contributed by atoms with Gasteiger partial charge in [0.05, 0.1) is 6.20 Å². The Labute approximate surface area is 130 Å². The highest BCUT2D eigenvalue weighted by atomic mass is 19.4. The molecule has 23 heavy (non-hydrogen) atoms. The molecule has 1 N–H and O–H groups in total.